The molecule has 1 aromatic rings. The predicted molar refractivity (Wildman–Crippen MR) is 76.9 cm³/mol. The SMILES string of the molecule is CN(Cc1cc(Cl)cc2c1OCC2)C(C)(C)CCl. The lowest BCUT2D eigenvalue weighted by Gasteiger charge is -2.34. The van der Waals surface area contributed by atoms with Crippen LogP contribution in [0, 0.1) is 0 Å². The molecule has 1 aliphatic rings. The highest BCUT2D eigenvalue weighted by Gasteiger charge is 2.25. The number of nitrogens with zero attached hydrogens (tertiary/aromatic N) is 1. The molecule has 0 aliphatic carbocycles. The summed E-state index contributed by atoms with van der Waals surface area (Å²) in [4.78, 5) is 2.23. The van der Waals surface area contributed by atoms with Crippen LogP contribution in [0.5, 0.6) is 5.75 Å². The van der Waals surface area contributed by atoms with Gasteiger partial charge in [0.05, 0.1) is 6.61 Å². The van der Waals surface area contributed by atoms with Gasteiger partial charge in [-0.3, -0.25) is 4.90 Å². The van der Waals surface area contributed by atoms with Gasteiger partial charge in [0.2, 0.25) is 0 Å². The van der Waals surface area contributed by atoms with Crippen LogP contribution in [0.25, 0.3) is 0 Å². The van der Waals surface area contributed by atoms with Crippen LogP contribution in [0.3, 0.4) is 0 Å². The average Bonchev–Trinajstić information content (AvgIpc) is 2.76. The van der Waals surface area contributed by atoms with Gasteiger partial charge in [0.25, 0.3) is 0 Å². The van der Waals surface area contributed by atoms with E-state index in [-0.39, 0.29) is 5.54 Å². The zero-order valence-corrected chi connectivity index (χ0v) is 12.6. The third-order valence-corrected chi connectivity index (χ3v) is 4.47. The van der Waals surface area contributed by atoms with Gasteiger partial charge in [-0.25, -0.2) is 0 Å². The van der Waals surface area contributed by atoms with E-state index in [2.05, 4.69) is 25.8 Å². The maximum atomic E-state index is 6.16. The number of hydrogen-bond donors (Lipinski definition) is 0. The zero-order chi connectivity index (χ0) is 13.3. The highest BCUT2D eigenvalue weighted by atomic mass is 35.5. The Morgan fingerprint density at radius 3 is 2.78 bits per heavy atom. The Kier molecular flexibility index (Phi) is 4.10. The van der Waals surface area contributed by atoms with Crippen molar-refractivity contribution in [1.82, 2.24) is 4.90 Å². The number of halogens is 2. The van der Waals surface area contributed by atoms with Gasteiger partial charge < -0.3 is 4.74 Å². The third kappa shape index (κ3) is 2.76. The van der Waals surface area contributed by atoms with Crippen molar-refractivity contribution < 1.29 is 4.74 Å². The molecule has 1 aliphatic heterocycles. The monoisotopic (exact) mass is 287 g/mol. The van der Waals surface area contributed by atoms with Crippen LogP contribution in [0.15, 0.2) is 12.1 Å². The fraction of sp³-hybridized carbons (Fsp3) is 0.571. The fourth-order valence-electron chi connectivity index (χ4n) is 2.04. The second kappa shape index (κ2) is 5.28. The minimum absolute atomic E-state index is 0.0463. The van der Waals surface area contributed by atoms with Crippen LogP contribution in [-0.4, -0.2) is 30.0 Å². The van der Waals surface area contributed by atoms with E-state index in [9.17, 15) is 0 Å². The summed E-state index contributed by atoms with van der Waals surface area (Å²) in [5, 5.41) is 0.784. The van der Waals surface area contributed by atoms with Gasteiger partial charge in [0, 0.05) is 35.0 Å². The summed E-state index contributed by atoms with van der Waals surface area (Å²) in [6.45, 7) is 5.81. The number of hydrogen-bond acceptors (Lipinski definition) is 2. The Morgan fingerprint density at radius 2 is 2.11 bits per heavy atom. The van der Waals surface area contributed by atoms with E-state index in [4.69, 9.17) is 27.9 Å². The predicted octanol–water partition coefficient (Wildman–Crippen LogP) is 3.72. The highest BCUT2D eigenvalue weighted by Crippen LogP contribution is 2.34. The molecule has 0 radical (unpaired) electrons. The Morgan fingerprint density at radius 1 is 1.39 bits per heavy atom. The number of ether oxygens (including phenoxy) is 1. The molecule has 0 unspecified atom stereocenters. The van der Waals surface area contributed by atoms with E-state index in [0.29, 0.717) is 5.88 Å². The lowest BCUT2D eigenvalue weighted by molar-refractivity contribution is 0.169. The first-order valence-electron chi connectivity index (χ1n) is 6.15. The molecule has 0 atom stereocenters. The van der Waals surface area contributed by atoms with Gasteiger partial charge >= 0.3 is 0 Å². The third-order valence-electron chi connectivity index (χ3n) is 3.59. The van der Waals surface area contributed by atoms with Crippen LogP contribution in [-0.2, 0) is 13.0 Å². The molecule has 1 heterocycles. The molecule has 1 aromatic carbocycles. The van der Waals surface area contributed by atoms with E-state index < -0.39 is 0 Å². The molecule has 4 heteroatoms. The molecule has 0 spiro atoms. The van der Waals surface area contributed by atoms with Gasteiger partial charge in [0.1, 0.15) is 5.75 Å². The summed E-state index contributed by atoms with van der Waals surface area (Å²) in [7, 11) is 2.07. The molecular weight excluding hydrogens is 269 g/mol. The molecular formula is C14H19Cl2NO. The summed E-state index contributed by atoms with van der Waals surface area (Å²) in [6, 6.07) is 3.99. The molecule has 0 saturated heterocycles. The maximum absolute atomic E-state index is 6.16. The van der Waals surface area contributed by atoms with Gasteiger partial charge in [-0.05, 0) is 38.6 Å². The van der Waals surface area contributed by atoms with Crippen molar-refractivity contribution >= 4 is 23.2 Å². The standard InChI is InChI=1S/C14H19Cl2NO/c1-14(2,9-15)17(3)8-11-7-12(16)6-10-4-5-18-13(10)11/h6-7H,4-5,8-9H2,1-3H3. The Bertz CT molecular complexity index is 446. The van der Waals surface area contributed by atoms with Crippen molar-refractivity contribution in [3.05, 3.63) is 28.3 Å². The van der Waals surface area contributed by atoms with Crippen LogP contribution in [0.2, 0.25) is 5.02 Å². The molecule has 0 fully saturated rings. The lowest BCUT2D eigenvalue weighted by Crippen LogP contribution is -2.42. The van der Waals surface area contributed by atoms with Gasteiger partial charge in [-0.1, -0.05) is 11.6 Å². The zero-order valence-electron chi connectivity index (χ0n) is 11.1. The van der Waals surface area contributed by atoms with Crippen LogP contribution in [0.1, 0.15) is 25.0 Å². The molecule has 2 nitrogen and oxygen atoms in total. The summed E-state index contributed by atoms with van der Waals surface area (Å²) in [5.74, 6) is 1.60. The van der Waals surface area contributed by atoms with Crippen LogP contribution >= 0.6 is 23.2 Å². The second-order valence-corrected chi connectivity index (χ2v) is 6.16. The van der Waals surface area contributed by atoms with E-state index in [1.54, 1.807) is 0 Å². The first-order chi connectivity index (χ1) is 8.44. The molecule has 0 N–H and O–H groups in total. The van der Waals surface area contributed by atoms with Crippen molar-refractivity contribution in [2.75, 3.05) is 19.5 Å². The Balaban J connectivity index is 2.25. The molecule has 0 aromatic heterocycles. The van der Waals surface area contributed by atoms with Crippen molar-refractivity contribution in [2.24, 2.45) is 0 Å². The minimum atomic E-state index is -0.0463. The normalized spacial score (nSPS) is 14.8. The first kappa shape index (κ1) is 14.0. The maximum Gasteiger partial charge on any atom is 0.127 e. The largest absolute Gasteiger partial charge is 0.493 e. The first-order valence-corrected chi connectivity index (χ1v) is 7.06. The van der Waals surface area contributed by atoms with E-state index >= 15 is 0 Å². The molecule has 18 heavy (non-hydrogen) atoms. The van der Waals surface area contributed by atoms with E-state index in [1.807, 2.05) is 12.1 Å². The molecule has 100 valence electrons. The number of benzene rings is 1. The van der Waals surface area contributed by atoms with Gasteiger partial charge in [-0.2, -0.15) is 0 Å². The smallest absolute Gasteiger partial charge is 0.127 e. The van der Waals surface area contributed by atoms with E-state index in [1.165, 1.54) is 5.56 Å². The molecule has 2 rings (SSSR count). The summed E-state index contributed by atoms with van der Waals surface area (Å²) in [6.07, 6.45) is 0.950. The fourth-order valence-corrected chi connectivity index (χ4v) is 2.50. The summed E-state index contributed by atoms with van der Waals surface area (Å²) in [5.41, 5.74) is 2.32. The second-order valence-electron chi connectivity index (χ2n) is 5.45. The highest BCUT2D eigenvalue weighted by molar-refractivity contribution is 6.30. The van der Waals surface area contributed by atoms with Gasteiger partial charge in [0.15, 0.2) is 0 Å². The molecule has 0 saturated carbocycles. The van der Waals surface area contributed by atoms with Crippen LogP contribution < -0.4 is 4.74 Å². The minimum Gasteiger partial charge on any atom is -0.493 e. The molecule has 0 bridgehead atoms. The van der Waals surface area contributed by atoms with Crippen LogP contribution in [0.4, 0.5) is 0 Å². The molecule has 0 amide bonds. The van der Waals surface area contributed by atoms with Crippen molar-refractivity contribution in [1.29, 1.82) is 0 Å². The Hall–Kier alpha value is -0.440. The average molecular weight is 288 g/mol. The quantitative estimate of drug-likeness (QED) is 0.783. The summed E-state index contributed by atoms with van der Waals surface area (Å²) >= 11 is 12.2. The van der Waals surface area contributed by atoms with Crippen molar-refractivity contribution in [2.45, 2.75) is 32.4 Å². The van der Waals surface area contributed by atoms with Crippen molar-refractivity contribution in [3.8, 4) is 5.75 Å². The Labute approximate surface area is 119 Å². The lowest BCUT2D eigenvalue weighted by atomic mass is 10.0. The van der Waals surface area contributed by atoms with Crippen molar-refractivity contribution in [3.63, 3.8) is 0 Å². The summed E-state index contributed by atoms with van der Waals surface area (Å²) < 4.78 is 5.71. The number of rotatable bonds is 4. The topological polar surface area (TPSA) is 12.5 Å². The number of alkyl halides is 1. The van der Waals surface area contributed by atoms with E-state index in [0.717, 1.165) is 35.9 Å². The number of fused-ring (bicyclic) bond motifs is 1. The van der Waals surface area contributed by atoms with Gasteiger partial charge in [-0.15, -0.1) is 11.6 Å².